The maximum atomic E-state index is 11.2. The highest BCUT2D eigenvalue weighted by Gasteiger charge is 2.06. The Morgan fingerprint density at radius 1 is 1.44 bits per heavy atom. The Labute approximate surface area is 99.7 Å². The number of para-hydroxylation sites is 1. The van der Waals surface area contributed by atoms with Crippen LogP contribution >= 0.6 is 0 Å². The standard InChI is InChI=1S/C12H19NO2S/c1-10(16(3)14)8-13-9-11-6-4-5-7-12(11)15-2/h4-7,10,13H,8-9H2,1-3H3. The lowest BCUT2D eigenvalue weighted by atomic mass is 10.2. The number of nitrogens with one attached hydrogen (secondary N) is 1. The lowest BCUT2D eigenvalue weighted by Gasteiger charge is -2.12. The van der Waals surface area contributed by atoms with E-state index in [0.29, 0.717) is 0 Å². The summed E-state index contributed by atoms with van der Waals surface area (Å²) in [5.74, 6) is 0.889. The zero-order valence-electron chi connectivity index (χ0n) is 10.0. The fourth-order valence-corrected chi connectivity index (χ4v) is 1.73. The van der Waals surface area contributed by atoms with Crippen LogP contribution in [-0.2, 0) is 17.3 Å². The molecule has 0 saturated heterocycles. The van der Waals surface area contributed by atoms with Gasteiger partial charge in [-0.25, -0.2) is 0 Å². The van der Waals surface area contributed by atoms with Gasteiger partial charge < -0.3 is 10.1 Å². The van der Waals surface area contributed by atoms with E-state index >= 15 is 0 Å². The van der Waals surface area contributed by atoms with Crippen LogP contribution in [0.15, 0.2) is 24.3 Å². The third kappa shape index (κ3) is 3.94. The van der Waals surface area contributed by atoms with Crippen molar-refractivity contribution in [1.29, 1.82) is 0 Å². The first-order valence-electron chi connectivity index (χ1n) is 5.30. The average Bonchev–Trinajstić information content (AvgIpc) is 2.29. The minimum Gasteiger partial charge on any atom is -0.496 e. The van der Waals surface area contributed by atoms with Gasteiger partial charge in [0.25, 0.3) is 0 Å². The van der Waals surface area contributed by atoms with E-state index in [1.807, 2.05) is 31.2 Å². The van der Waals surface area contributed by atoms with E-state index in [-0.39, 0.29) is 5.25 Å². The Balaban J connectivity index is 2.45. The minimum absolute atomic E-state index is 0.176. The molecule has 1 aromatic rings. The maximum absolute atomic E-state index is 11.2. The molecular weight excluding hydrogens is 222 g/mol. The normalized spacial score (nSPS) is 14.4. The van der Waals surface area contributed by atoms with Gasteiger partial charge >= 0.3 is 0 Å². The fourth-order valence-electron chi connectivity index (χ4n) is 1.38. The summed E-state index contributed by atoms with van der Waals surface area (Å²) in [5, 5.41) is 3.46. The Morgan fingerprint density at radius 3 is 2.75 bits per heavy atom. The van der Waals surface area contributed by atoms with Gasteiger partial charge in [-0.15, -0.1) is 0 Å². The molecule has 0 bridgehead atoms. The van der Waals surface area contributed by atoms with Crippen LogP contribution in [0, 0.1) is 0 Å². The molecule has 2 atom stereocenters. The van der Waals surface area contributed by atoms with Gasteiger partial charge in [0.1, 0.15) is 5.75 Å². The van der Waals surface area contributed by atoms with Gasteiger partial charge in [-0.2, -0.15) is 0 Å². The van der Waals surface area contributed by atoms with Crippen LogP contribution in [0.4, 0.5) is 0 Å². The third-order valence-corrected chi connectivity index (χ3v) is 3.81. The molecule has 4 heteroatoms. The number of ether oxygens (including phenoxy) is 1. The number of hydrogen-bond acceptors (Lipinski definition) is 3. The highest BCUT2D eigenvalue weighted by molar-refractivity contribution is 7.84. The number of methoxy groups -OCH3 is 1. The van der Waals surface area contributed by atoms with Crippen LogP contribution in [0.5, 0.6) is 5.75 Å². The van der Waals surface area contributed by atoms with Crippen molar-refractivity contribution in [3.8, 4) is 5.75 Å². The summed E-state index contributed by atoms with van der Waals surface area (Å²) in [6, 6.07) is 7.91. The third-order valence-electron chi connectivity index (χ3n) is 2.51. The van der Waals surface area contributed by atoms with Crippen LogP contribution in [0.25, 0.3) is 0 Å². The van der Waals surface area contributed by atoms with Gasteiger partial charge in [0, 0.05) is 41.0 Å². The minimum atomic E-state index is -0.769. The van der Waals surface area contributed by atoms with Crippen molar-refractivity contribution in [2.24, 2.45) is 0 Å². The fraction of sp³-hybridized carbons (Fsp3) is 0.500. The smallest absolute Gasteiger partial charge is 0.123 e. The van der Waals surface area contributed by atoms with E-state index in [9.17, 15) is 4.21 Å². The zero-order valence-corrected chi connectivity index (χ0v) is 10.8. The summed E-state index contributed by atoms with van der Waals surface area (Å²) in [5.41, 5.74) is 1.12. The van der Waals surface area contributed by atoms with Crippen molar-refractivity contribution in [3.05, 3.63) is 29.8 Å². The molecule has 1 aromatic carbocycles. The summed E-state index contributed by atoms with van der Waals surface area (Å²) in [4.78, 5) is 0. The van der Waals surface area contributed by atoms with Crippen molar-refractivity contribution in [2.45, 2.75) is 18.7 Å². The lowest BCUT2D eigenvalue weighted by molar-refractivity contribution is 0.408. The molecule has 3 nitrogen and oxygen atoms in total. The summed E-state index contributed by atoms with van der Waals surface area (Å²) < 4.78 is 16.4. The quantitative estimate of drug-likeness (QED) is 0.821. The van der Waals surface area contributed by atoms with E-state index in [1.165, 1.54) is 0 Å². The highest BCUT2D eigenvalue weighted by atomic mass is 32.2. The van der Waals surface area contributed by atoms with Crippen LogP contribution in [0.1, 0.15) is 12.5 Å². The Bertz CT molecular complexity index is 355. The molecule has 0 aliphatic carbocycles. The zero-order chi connectivity index (χ0) is 12.0. The summed E-state index contributed by atoms with van der Waals surface area (Å²) >= 11 is 0. The van der Waals surface area contributed by atoms with Crippen LogP contribution in [0.3, 0.4) is 0 Å². The van der Waals surface area contributed by atoms with Crippen molar-refractivity contribution in [3.63, 3.8) is 0 Å². The van der Waals surface area contributed by atoms with Crippen LogP contribution in [0.2, 0.25) is 0 Å². The number of hydrogen-bond donors (Lipinski definition) is 1. The van der Waals surface area contributed by atoms with E-state index < -0.39 is 10.8 Å². The molecule has 0 fully saturated rings. The molecular formula is C12H19NO2S. The molecule has 2 unspecified atom stereocenters. The molecule has 1 rings (SSSR count). The Morgan fingerprint density at radius 2 is 2.12 bits per heavy atom. The van der Waals surface area contributed by atoms with Crippen molar-refractivity contribution >= 4 is 10.8 Å². The molecule has 90 valence electrons. The first-order valence-corrected chi connectivity index (χ1v) is 6.92. The van der Waals surface area contributed by atoms with Gasteiger partial charge in [-0.3, -0.25) is 4.21 Å². The maximum Gasteiger partial charge on any atom is 0.123 e. The molecule has 0 spiro atoms. The van der Waals surface area contributed by atoms with Crippen LogP contribution in [-0.4, -0.2) is 29.4 Å². The molecule has 0 aliphatic rings. The summed E-state index contributed by atoms with van der Waals surface area (Å²) in [7, 11) is 0.900. The molecule has 0 saturated carbocycles. The molecule has 0 aromatic heterocycles. The van der Waals surface area contributed by atoms with Crippen molar-refractivity contribution in [1.82, 2.24) is 5.32 Å². The first-order chi connectivity index (χ1) is 7.65. The van der Waals surface area contributed by atoms with Crippen LogP contribution < -0.4 is 10.1 Å². The van der Waals surface area contributed by atoms with E-state index in [2.05, 4.69) is 5.32 Å². The van der Waals surface area contributed by atoms with Gasteiger partial charge in [-0.1, -0.05) is 18.2 Å². The van der Waals surface area contributed by atoms with E-state index in [4.69, 9.17) is 4.74 Å². The van der Waals surface area contributed by atoms with Gasteiger partial charge in [0.2, 0.25) is 0 Å². The number of benzene rings is 1. The Kier molecular flexibility index (Phi) is 5.49. The highest BCUT2D eigenvalue weighted by Crippen LogP contribution is 2.16. The molecule has 16 heavy (non-hydrogen) atoms. The molecule has 0 aliphatic heterocycles. The predicted octanol–water partition coefficient (Wildman–Crippen LogP) is 1.55. The average molecular weight is 241 g/mol. The summed E-state index contributed by atoms with van der Waals surface area (Å²) in [6.45, 7) is 3.47. The van der Waals surface area contributed by atoms with Crippen molar-refractivity contribution in [2.75, 3.05) is 19.9 Å². The van der Waals surface area contributed by atoms with Gasteiger partial charge in [-0.05, 0) is 13.0 Å². The summed E-state index contributed by atoms with van der Waals surface area (Å²) in [6.07, 6.45) is 1.73. The van der Waals surface area contributed by atoms with E-state index in [1.54, 1.807) is 13.4 Å². The SMILES string of the molecule is COc1ccccc1CNCC(C)S(C)=O. The second kappa shape index (κ2) is 6.66. The van der Waals surface area contributed by atoms with Gasteiger partial charge in [0.05, 0.1) is 7.11 Å². The topological polar surface area (TPSA) is 38.3 Å². The molecule has 0 amide bonds. The second-order valence-electron chi connectivity index (χ2n) is 3.75. The predicted molar refractivity (Wildman–Crippen MR) is 68.2 cm³/mol. The van der Waals surface area contributed by atoms with Crippen molar-refractivity contribution < 1.29 is 8.95 Å². The first kappa shape index (κ1) is 13.2. The lowest BCUT2D eigenvalue weighted by Crippen LogP contribution is -2.27. The Hall–Kier alpha value is -0.870. The van der Waals surface area contributed by atoms with Gasteiger partial charge in [0.15, 0.2) is 0 Å². The monoisotopic (exact) mass is 241 g/mol. The molecule has 0 radical (unpaired) electrons. The molecule has 1 N–H and O–H groups in total. The largest absolute Gasteiger partial charge is 0.496 e. The second-order valence-corrected chi connectivity index (χ2v) is 5.55. The number of rotatable bonds is 6. The van der Waals surface area contributed by atoms with E-state index in [0.717, 1.165) is 24.4 Å². The molecule has 0 heterocycles.